The highest BCUT2D eigenvalue weighted by atomic mass is 35.5. The van der Waals surface area contributed by atoms with Crippen LogP contribution in [0.3, 0.4) is 0 Å². The lowest BCUT2D eigenvalue weighted by Gasteiger charge is -2.14. The number of rotatable bonds is 7. The fourth-order valence-electron chi connectivity index (χ4n) is 3.96. The van der Waals surface area contributed by atoms with Crippen molar-refractivity contribution in [2.45, 2.75) is 19.4 Å². The topological polar surface area (TPSA) is 93.4 Å². The molecule has 3 heterocycles. The van der Waals surface area contributed by atoms with Crippen LogP contribution in [0.1, 0.15) is 24.2 Å². The van der Waals surface area contributed by atoms with Gasteiger partial charge in [-0.2, -0.15) is 5.10 Å². The zero-order valence-corrected chi connectivity index (χ0v) is 22.3. The van der Waals surface area contributed by atoms with Gasteiger partial charge in [-0.1, -0.05) is 54.1 Å². The van der Waals surface area contributed by atoms with Crippen LogP contribution in [0.25, 0.3) is 30.3 Å². The van der Waals surface area contributed by atoms with E-state index in [1.807, 2.05) is 43.3 Å². The molecule has 0 aliphatic carbocycles. The molecule has 3 aromatic heterocycles. The van der Waals surface area contributed by atoms with E-state index in [1.54, 1.807) is 52.7 Å². The Labute approximate surface area is 225 Å². The molecular weight excluding hydrogens is 530 g/mol. The summed E-state index contributed by atoms with van der Waals surface area (Å²) in [4.78, 5) is 25.7. The highest BCUT2D eigenvalue weighted by Gasteiger charge is 2.19. The molecule has 0 saturated carbocycles. The second-order valence-corrected chi connectivity index (χ2v) is 11.0. The SMILES string of the molecule is C[C@@H](OC(=O)Nc1c(-c2cc3sc(-c4ccc(CC(=O)O)c(Cl)c4)cc3s2)cnn1C)c1ccccc1. The first-order valence-electron chi connectivity index (χ1n) is 11.4. The maximum atomic E-state index is 12.7. The van der Waals surface area contributed by atoms with Crippen LogP contribution in [0.15, 0.2) is 66.9 Å². The number of amides is 1. The van der Waals surface area contributed by atoms with Crippen LogP contribution >= 0.6 is 34.3 Å². The fourth-order valence-corrected chi connectivity index (χ4v) is 6.61. The van der Waals surface area contributed by atoms with Crippen molar-refractivity contribution in [3.63, 3.8) is 0 Å². The van der Waals surface area contributed by atoms with Crippen molar-refractivity contribution >= 4 is 61.6 Å². The number of hydrogen-bond donors (Lipinski definition) is 2. The average Bonchev–Trinajstić information content (AvgIpc) is 3.54. The van der Waals surface area contributed by atoms with Gasteiger partial charge in [0.15, 0.2) is 0 Å². The van der Waals surface area contributed by atoms with Crippen molar-refractivity contribution in [1.82, 2.24) is 9.78 Å². The van der Waals surface area contributed by atoms with Crippen molar-refractivity contribution in [2.75, 3.05) is 5.32 Å². The quantitative estimate of drug-likeness (QED) is 0.217. The Morgan fingerprint density at radius 2 is 1.78 bits per heavy atom. The molecule has 0 spiro atoms. The normalized spacial score (nSPS) is 12.0. The number of ether oxygens (including phenoxy) is 1. The molecule has 10 heteroatoms. The van der Waals surface area contributed by atoms with Gasteiger partial charge in [0.1, 0.15) is 11.9 Å². The number of aromatic nitrogens is 2. The summed E-state index contributed by atoms with van der Waals surface area (Å²) >= 11 is 9.54. The molecule has 0 fully saturated rings. The standard InChI is InChI=1S/C27H22ClN3O4S2/c1-15(16-6-4-3-5-7-16)35-27(34)30-26-19(14-29-31(26)2)22-13-24-23(37-22)12-21(36-24)18-9-8-17(11-25(32)33)20(28)10-18/h3-10,12-15H,11H2,1-2H3,(H,30,34)(H,32,33)/t15-/m1/s1. The van der Waals surface area contributed by atoms with Crippen molar-refractivity contribution in [3.05, 3.63) is 83.0 Å². The molecule has 7 nitrogen and oxygen atoms in total. The van der Waals surface area contributed by atoms with E-state index in [2.05, 4.69) is 22.5 Å². The number of carboxylic acid groups (broad SMARTS) is 1. The highest BCUT2D eigenvalue weighted by molar-refractivity contribution is 7.31. The third-order valence-corrected chi connectivity index (χ3v) is 8.59. The van der Waals surface area contributed by atoms with Crippen LogP contribution in [0.4, 0.5) is 10.6 Å². The minimum atomic E-state index is -0.915. The molecule has 0 aliphatic rings. The van der Waals surface area contributed by atoms with Gasteiger partial charge in [-0.25, -0.2) is 4.79 Å². The molecule has 2 aromatic carbocycles. The number of nitrogens with one attached hydrogen (secondary N) is 1. The summed E-state index contributed by atoms with van der Waals surface area (Å²) in [5, 5.41) is 16.7. The van der Waals surface area contributed by atoms with Crippen molar-refractivity contribution in [3.8, 4) is 20.9 Å². The summed E-state index contributed by atoms with van der Waals surface area (Å²) in [7, 11) is 1.77. The summed E-state index contributed by atoms with van der Waals surface area (Å²) in [6, 6.07) is 19.2. The van der Waals surface area contributed by atoms with E-state index in [0.29, 0.717) is 16.4 Å². The minimum Gasteiger partial charge on any atom is -0.481 e. The van der Waals surface area contributed by atoms with Crippen LogP contribution in [0.5, 0.6) is 0 Å². The molecule has 5 rings (SSSR count). The van der Waals surface area contributed by atoms with Gasteiger partial charge < -0.3 is 9.84 Å². The number of carbonyl (C=O) groups excluding carboxylic acids is 1. The molecule has 5 aromatic rings. The van der Waals surface area contributed by atoms with Crippen molar-refractivity contribution in [1.29, 1.82) is 0 Å². The first-order valence-corrected chi connectivity index (χ1v) is 13.4. The van der Waals surface area contributed by atoms with Gasteiger partial charge in [0.2, 0.25) is 0 Å². The van der Waals surface area contributed by atoms with E-state index in [4.69, 9.17) is 21.4 Å². The van der Waals surface area contributed by atoms with E-state index in [9.17, 15) is 9.59 Å². The number of thiophene rings is 2. The summed E-state index contributed by atoms with van der Waals surface area (Å²) < 4.78 is 9.38. The number of benzene rings is 2. The van der Waals surface area contributed by atoms with E-state index in [-0.39, 0.29) is 6.42 Å². The maximum absolute atomic E-state index is 12.7. The second-order valence-electron chi connectivity index (χ2n) is 8.44. The molecule has 0 aliphatic heterocycles. The third-order valence-electron chi connectivity index (χ3n) is 5.86. The Hall–Kier alpha value is -3.66. The number of aryl methyl sites for hydroxylation is 1. The lowest BCUT2D eigenvalue weighted by Crippen LogP contribution is -2.18. The van der Waals surface area contributed by atoms with Crippen LogP contribution in [0, 0.1) is 0 Å². The van der Waals surface area contributed by atoms with Gasteiger partial charge in [0, 0.05) is 31.2 Å². The smallest absolute Gasteiger partial charge is 0.413 e. The largest absolute Gasteiger partial charge is 0.481 e. The van der Waals surface area contributed by atoms with Crippen LogP contribution in [0.2, 0.25) is 5.02 Å². The summed E-state index contributed by atoms with van der Waals surface area (Å²) in [5.74, 6) is -0.359. The second kappa shape index (κ2) is 10.4. The predicted molar refractivity (Wildman–Crippen MR) is 149 cm³/mol. The zero-order valence-electron chi connectivity index (χ0n) is 19.9. The Balaban J connectivity index is 1.35. The molecular formula is C27H22ClN3O4S2. The third kappa shape index (κ3) is 5.39. The summed E-state index contributed by atoms with van der Waals surface area (Å²) in [5.41, 5.74) is 3.25. The van der Waals surface area contributed by atoms with E-state index in [1.165, 1.54) is 0 Å². The Morgan fingerprint density at radius 3 is 2.49 bits per heavy atom. The van der Waals surface area contributed by atoms with Gasteiger partial charge in [-0.05, 0) is 41.8 Å². The number of carbonyl (C=O) groups is 2. The average molecular weight is 552 g/mol. The molecule has 0 bridgehead atoms. The molecule has 0 radical (unpaired) electrons. The van der Waals surface area contributed by atoms with E-state index in [0.717, 1.165) is 35.8 Å². The van der Waals surface area contributed by atoms with Gasteiger partial charge in [0.25, 0.3) is 0 Å². The summed E-state index contributed by atoms with van der Waals surface area (Å²) in [6.45, 7) is 1.83. The molecule has 0 saturated heterocycles. The highest BCUT2D eigenvalue weighted by Crippen LogP contribution is 2.43. The lowest BCUT2D eigenvalue weighted by atomic mass is 10.1. The van der Waals surface area contributed by atoms with Crippen LogP contribution < -0.4 is 5.32 Å². The number of nitrogens with zero attached hydrogens (tertiary/aromatic N) is 2. The van der Waals surface area contributed by atoms with Crippen LogP contribution in [-0.4, -0.2) is 26.9 Å². The molecule has 37 heavy (non-hydrogen) atoms. The van der Waals surface area contributed by atoms with Crippen molar-refractivity contribution in [2.24, 2.45) is 7.05 Å². The van der Waals surface area contributed by atoms with E-state index < -0.39 is 18.2 Å². The van der Waals surface area contributed by atoms with Crippen molar-refractivity contribution < 1.29 is 19.4 Å². The molecule has 188 valence electrons. The molecule has 1 amide bonds. The predicted octanol–water partition coefficient (Wildman–Crippen LogP) is 7.62. The van der Waals surface area contributed by atoms with Gasteiger partial charge in [0.05, 0.1) is 18.2 Å². The number of carboxylic acids is 1. The monoisotopic (exact) mass is 551 g/mol. The summed E-state index contributed by atoms with van der Waals surface area (Å²) in [6.07, 6.45) is 0.676. The molecule has 1 atom stereocenters. The number of anilines is 1. The van der Waals surface area contributed by atoms with E-state index >= 15 is 0 Å². The number of aliphatic carboxylic acids is 1. The molecule has 0 unspecified atom stereocenters. The Bertz CT molecular complexity index is 1580. The fraction of sp³-hybridized carbons (Fsp3) is 0.148. The Kier molecular flexibility index (Phi) is 7.01. The van der Waals surface area contributed by atoms with Gasteiger partial charge in [-0.15, -0.1) is 22.7 Å². The number of hydrogen-bond acceptors (Lipinski definition) is 6. The Morgan fingerprint density at radius 1 is 1.08 bits per heavy atom. The molecule has 2 N–H and O–H groups in total. The van der Waals surface area contributed by atoms with Gasteiger partial charge >= 0.3 is 12.1 Å². The first-order chi connectivity index (χ1) is 17.8. The number of fused-ring (bicyclic) bond motifs is 1. The van der Waals surface area contributed by atoms with Crippen LogP contribution in [-0.2, 0) is 23.0 Å². The maximum Gasteiger partial charge on any atom is 0.413 e. The lowest BCUT2D eigenvalue weighted by molar-refractivity contribution is -0.136. The minimum absolute atomic E-state index is 0.109. The first kappa shape index (κ1) is 25.0. The number of halogens is 1. The zero-order chi connectivity index (χ0) is 26.1. The van der Waals surface area contributed by atoms with Gasteiger partial charge in [-0.3, -0.25) is 14.8 Å².